The Balaban J connectivity index is 1.97. The van der Waals surface area contributed by atoms with Crippen LogP contribution in [-0.4, -0.2) is 11.7 Å². The van der Waals surface area contributed by atoms with Crippen LogP contribution >= 0.6 is 46.6 Å². The van der Waals surface area contributed by atoms with Crippen LogP contribution in [0.1, 0.15) is 26.3 Å². The molecule has 1 amide bonds. The Labute approximate surface area is 161 Å². The van der Waals surface area contributed by atoms with Crippen LogP contribution in [0.15, 0.2) is 41.3 Å². The first kappa shape index (κ1) is 19.5. The van der Waals surface area contributed by atoms with Gasteiger partial charge in [0, 0.05) is 9.92 Å². The van der Waals surface area contributed by atoms with Gasteiger partial charge >= 0.3 is 0 Å². The van der Waals surface area contributed by atoms with Crippen LogP contribution in [0.3, 0.4) is 0 Å². The molecule has 0 unspecified atom stereocenters. The Kier molecular flexibility index (Phi) is 6.49. The minimum absolute atomic E-state index is 0.114. The number of rotatable bonds is 4. The molecular formula is C18H18Cl3NOS. The van der Waals surface area contributed by atoms with Gasteiger partial charge in [-0.05, 0) is 35.2 Å². The fourth-order valence-electron chi connectivity index (χ4n) is 2.04. The molecule has 2 aromatic carbocycles. The van der Waals surface area contributed by atoms with Crippen molar-refractivity contribution in [1.82, 2.24) is 0 Å². The van der Waals surface area contributed by atoms with Crippen LogP contribution in [0.2, 0.25) is 15.1 Å². The molecule has 0 saturated heterocycles. The average Bonchev–Trinajstić information content (AvgIpc) is 2.48. The third kappa shape index (κ3) is 5.32. The zero-order valence-electron chi connectivity index (χ0n) is 13.6. The second-order valence-electron chi connectivity index (χ2n) is 6.36. The lowest BCUT2D eigenvalue weighted by Crippen LogP contribution is -2.14. The molecule has 6 heteroatoms. The molecule has 128 valence electrons. The number of carbonyl (C=O) groups excluding carboxylic acids is 1. The number of hydrogen-bond donors (Lipinski definition) is 1. The van der Waals surface area contributed by atoms with Crippen molar-refractivity contribution in [3.05, 3.63) is 57.0 Å². The van der Waals surface area contributed by atoms with Gasteiger partial charge in [-0.1, -0.05) is 67.7 Å². The van der Waals surface area contributed by atoms with Crippen molar-refractivity contribution in [3.63, 3.8) is 0 Å². The van der Waals surface area contributed by atoms with Gasteiger partial charge in [-0.15, -0.1) is 11.8 Å². The monoisotopic (exact) mass is 401 g/mol. The molecule has 0 aromatic heterocycles. The van der Waals surface area contributed by atoms with E-state index >= 15 is 0 Å². The Morgan fingerprint density at radius 2 is 1.58 bits per heavy atom. The highest BCUT2D eigenvalue weighted by Crippen LogP contribution is 2.34. The molecule has 2 rings (SSSR count). The fraction of sp³-hybridized carbons (Fsp3) is 0.278. The number of anilines is 1. The molecule has 0 radical (unpaired) electrons. The van der Waals surface area contributed by atoms with Gasteiger partial charge in [0.25, 0.3) is 0 Å². The number of benzene rings is 2. The molecule has 0 fully saturated rings. The lowest BCUT2D eigenvalue weighted by atomic mass is 9.87. The van der Waals surface area contributed by atoms with Crippen LogP contribution in [0.5, 0.6) is 0 Å². The molecule has 0 spiro atoms. The van der Waals surface area contributed by atoms with Crippen LogP contribution in [0.4, 0.5) is 5.69 Å². The normalized spacial score (nSPS) is 11.4. The summed E-state index contributed by atoms with van der Waals surface area (Å²) in [6.07, 6.45) is 0. The maximum atomic E-state index is 12.1. The van der Waals surface area contributed by atoms with Gasteiger partial charge in [-0.2, -0.15) is 0 Å². The quantitative estimate of drug-likeness (QED) is 0.578. The zero-order chi connectivity index (χ0) is 17.9. The fourth-order valence-corrected chi connectivity index (χ4v) is 3.65. The Morgan fingerprint density at radius 3 is 2.08 bits per heavy atom. The number of nitrogens with one attached hydrogen (secondary N) is 1. The van der Waals surface area contributed by atoms with E-state index in [1.807, 2.05) is 12.1 Å². The number of amides is 1. The van der Waals surface area contributed by atoms with Crippen molar-refractivity contribution in [2.24, 2.45) is 0 Å². The van der Waals surface area contributed by atoms with Crippen molar-refractivity contribution in [1.29, 1.82) is 0 Å². The van der Waals surface area contributed by atoms with Crippen LogP contribution in [-0.2, 0) is 10.2 Å². The van der Waals surface area contributed by atoms with Gasteiger partial charge in [-0.25, -0.2) is 0 Å². The van der Waals surface area contributed by atoms with Crippen molar-refractivity contribution in [3.8, 4) is 0 Å². The Morgan fingerprint density at radius 1 is 1.04 bits per heavy atom. The molecule has 2 nitrogen and oxygen atoms in total. The predicted molar refractivity (Wildman–Crippen MR) is 106 cm³/mol. The summed E-state index contributed by atoms with van der Waals surface area (Å²) in [5.41, 5.74) is 1.76. The van der Waals surface area contributed by atoms with E-state index in [1.165, 1.54) is 17.3 Å². The highest BCUT2D eigenvalue weighted by atomic mass is 35.5. The van der Waals surface area contributed by atoms with Crippen LogP contribution in [0, 0.1) is 0 Å². The molecule has 0 heterocycles. The third-order valence-electron chi connectivity index (χ3n) is 3.36. The summed E-state index contributed by atoms with van der Waals surface area (Å²) in [7, 11) is 0. The molecule has 0 aliphatic heterocycles. The summed E-state index contributed by atoms with van der Waals surface area (Å²) in [4.78, 5) is 13.2. The SMILES string of the molecule is CC(C)(C)c1ccc(SCC(=O)Nc2c(Cl)cc(Cl)cc2Cl)cc1. The first-order chi connectivity index (χ1) is 11.2. The van der Waals surface area contributed by atoms with Gasteiger partial charge in [0.2, 0.25) is 5.91 Å². The molecular weight excluding hydrogens is 385 g/mol. The van der Waals surface area contributed by atoms with E-state index < -0.39 is 0 Å². The van der Waals surface area contributed by atoms with Crippen molar-refractivity contribution in [2.45, 2.75) is 31.1 Å². The summed E-state index contributed by atoms with van der Waals surface area (Å²) in [5.74, 6) is 0.0930. The van der Waals surface area contributed by atoms with E-state index in [0.29, 0.717) is 20.8 Å². The van der Waals surface area contributed by atoms with E-state index in [1.54, 1.807) is 12.1 Å². The standard InChI is InChI=1S/C18H18Cl3NOS/c1-18(2,3)11-4-6-13(7-5-11)24-10-16(23)22-17-14(20)8-12(19)9-15(17)21/h4-9H,10H2,1-3H3,(H,22,23). The van der Waals surface area contributed by atoms with E-state index in [-0.39, 0.29) is 17.1 Å². The lowest BCUT2D eigenvalue weighted by Gasteiger charge is -2.19. The smallest absolute Gasteiger partial charge is 0.234 e. The van der Waals surface area contributed by atoms with Gasteiger partial charge in [-0.3, -0.25) is 4.79 Å². The molecule has 0 atom stereocenters. The van der Waals surface area contributed by atoms with Gasteiger partial charge < -0.3 is 5.32 Å². The van der Waals surface area contributed by atoms with Crippen LogP contribution < -0.4 is 5.32 Å². The minimum Gasteiger partial charge on any atom is -0.323 e. The van der Waals surface area contributed by atoms with E-state index in [0.717, 1.165) is 4.90 Å². The average molecular weight is 403 g/mol. The summed E-state index contributed by atoms with van der Waals surface area (Å²) < 4.78 is 0. The predicted octanol–water partition coefficient (Wildman–Crippen LogP) is 6.68. The Hall–Kier alpha value is -0.870. The van der Waals surface area contributed by atoms with Gasteiger partial charge in [0.15, 0.2) is 0 Å². The van der Waals surface area contributed by atoms with E-state index in [9.17, 15) is 4.79 Å². The molecule has 0 saturated carbocycles. The second kappa shape index (κ2) is 8.01. The molecule has 1 N–H and O–H groups in total. The minimum atomic E-state index is -0.175. The van der Waals surface area contributed by atoms with E-state index in [2.05, 4.69) is 38.2 Å². The maximum Gasteiger partial charge on any atom is 0.234 e. The van der Waals surface area contributed by atoms with Crippen LogP contribution in [0.25, 0.3) is 0 Å². The number of thioether (sulfide) groups is 1. The second-order valence-corrected chi connectivity index (χ2v) is 8.66. The van der Waals surface area contributed by atoms with Crippen molar-refractivity contribution < 1.29 is 4.79 Å². The first-order valence-corrected chi connectivity index (χ1v) is 9.46. The highest BCUT2D eigenvalue weighted by Gasteiger charge is 2.14. The summed E-state index contributed by atoms with van der Waals surface area (Å²) in [6.45, 7) is 6.51. The molecule has 0 aliphatic rings. The first-order valence-electron chi connectivity index (χ1n) is 7.34. The number of hydrogen-bond acceptors (Lipinski definition) is 2. The number of halogens is 3. The van der Waals surface area contributed by atoms with Crippen molar-refractivity contribution >= 4 is 58.2 Å². The zero-order valence-corrected chi connectivity index (χ0v) is 16.7. The summed E-state index contributed by atoms with van der Waals surface area (Å²) in [5, 5.41) is 3.80. The molecule has 0 bridgehead atoms. The number of carbonyl (C=O) groups is 1. The van der Waals surface area contributed by atoms with Gasteiger partial charge in [0.1, 0.15) is 0 Å². The third-order valence-corrected chi connectivity index (χ3v) is 5.19. The molecule has 2 aromatic rings. The van der Waals surface area contributed by atoms with Crippen molar-refractivity contribution in [2.75, 3.05) is 11.1 Å². The largest absolute Gasteiger partial charge is 0.323 e. The maximum absolute atomic E-state index is 12.1. The summed E-state index contributed by atoms with van der Waals surface area (Å²) >= 11 is 19.4. The Bertz CT molecular complexity index is 716. The highest BCUT2D eigenvalue weighted by molar-refractivity contribution is 8.00. The topological polar surface area (TPSA) is 29.1 Å². The molecule has 24 heavy (non-hydrogen) atoms. The van der Waals surface area contributed by atoms with E-state index in [4.69, 9.17) is 34.8 Å². The molecule has 0 aliphatic carbocycles. The van der Waals surface area contributed by atoms with Gasteiger partial charge in [0.05, 0.1) is 21.5 Å². The lowest BCUT2D eigenvalue weighted by molar-refractivity contribution is -0.113. The summed E-state index contributed by atoms with van der Waals surface area (Å²) in [6, 6.07) is 11.3.